The Morgan fingerprint density at radius 3 is 1.76 bits per heavy atom. The highest BCUT2D eigenvalue weighted by molar-refractivity contribution is 5.99. The Morgan fingerprint density at radius 1 is 0.596 bits per heavy atom. The van der Waals surface area contributed by atoms with E-state index in [1.807, 2.05) is 12.1 Å². The fourth-order valence-electron chi connectivity index (χ4n) is 13.5. The van der Waals surface area contributed by atoms with Gasteiger partial charge in [0.2, 0.25) is 65.0 Å². The first-order valence-corrected chi connectivity index (χ1v) is 35.6. The number of amides is 12. The molecule has 19 atom stereocenters. The van der Waals surface area contributed by atoms with Gasteiger partial charge < -0.3 is 103 Å². The van der Waals surface area contributed by atoms with Gasteiger partial charge in [-0.2, -0.15) is 0 Å². The summed E-state index contributed by atoms with van der Waals surface area (Å²) in [7, 11) is 0. The number of ether oxygens (including phenoxy) is 1. The van der Waals surface area contributed by atoms with Crippen LogP contribution in [0.5, 0.6) is 0 Å². The summed E-state index contributed by atoms with van der Waals surface area (Å²) in [4.78, 5) is 189. The van der Waals surface area contributed by atoms with E-state index in [9.17, 15) is 88.5 Å². The van der Waals surface area contributed by atoms with Gasteiger partial charge in [0.1, 0.15) is 60.5 Å². The van der Waals surface area contributed by atoms with Gasteiger partial charge in [-0.25, -0.2) is 4.79 Å². The second-order valence-electron chi connectivity index (χ2n) is 28.5. The second kappa shape index (κ2) is 39.4. The van der Waals surface area contributed by atoms with E-state index in [0.29, 0.717) is 5.56 Å². The smallest absolute Gasteiger partial charge is 0.328 e. The molecule has 12 amide bonds. The largest absolute Gasteiger partial charge is 0.461 e. The van der Waals surface area contributed by atoms with Gasteiger partial charge >= 0.3 is 5.97 Å². The van der Waals surface area contributed by atoms with E-state index in [0.717, 1.165) is 27.2 Å². The number of esters is 1. The maximum atomic E-state index is 15.1. The average molecular weight is 1460 g/mol. The van der Waals surface area contributed by atoms with Gasteiger partial charge in [0, 0.05) is 57.8 Å². The number of nitrogens with zero attached hydrogens (tertiary/aromatic N) is 3. The van der Waals surface area contributed by atoms with E-state index in [1.54, 1.807) is 83.1 Å². The summed E-state index contributed by atoms with van der Waals surface area (Å²) < 4.78 is 5.91. The van der Waals surface area contributed by atoms with Crippen LogP contribution >= 0.6 is 0 Å². The van der Waals surface area contributed by atoms with Crippen molar-refractivity contribution in [1.82, 2.24) is 62.6 Å². The van der Waals surface area contributed by atoms with Crippen molar-refractivity contribution in [1.29, 1.82) is 0 Å². The predicted molar refractivity (Wildman–Crippen MR) is 371 cm³/mol. The number of benzene rings is 2. The lowest BCUT2D eigenvalue weighted by Gasteiger charge is -2.35. The molecule has 4 fully saturated rings. The minimum absolute atomic E-state index is 0.0652. The first-order valence-electron chi connectivity index (χ1n) is 35.6. The number of nitrogens with one attached hydrogen (secondary N) is 9. The molecule has 0 aromatic heterocycles. The van der Waals surface area contributed by atoms with Crippen LogP contribution in [0, 0.1) is 29.6 Å². The summed E-state index contributed by atoms with van der Waals surface area (Å²) in [6.45, 7) is 8.76. The molecule has 2 aromatic carbocycles. The molecule has 6 rings (SSSR count). The lowest BCUT2D eigenvalue weighted by Crippen LogP contribution is -2.62. The number of carbonyl (C=O) groups excluding carboxylic acids is 13. The summed E-state index contributed by atoms with van der Waals surface area (Å²) in [5.41, 5.74) is 1.33. The van der Waals surface area contributed by atoms with Crippen molar-refractivity contribution in [2.24, 2.45) is 29.6 Å². The van der Waals surface area contributed by atoms with Gasteiger partial charge in [0.15, 0.2) is 6.10 Å². The Morgan fingerprint density at radius 2 is 1.15 bits per heavy atom. The van der Waals surface area contributed by atoms with Crippen molar-refractivity contribution in [2.45, 2.75) is 217 Å². The van der Waals surface area contributed by atoms with Gasteiger partial charge in [-0.3, -0.25) is 57.5 Å². The Hall–Kier alpha value is -8.73. The monoisotopic (exact) mass is 1460 g/mol. The van der Waals surface area contributed by atoms with Crippen LogP contribution in [-0.4, -0.2) is 270 Å². The van der Waals surface area contributed by atoms with Crippen molar-refractivity contribution in [3.8, 4) is 0 Å². The van der Waals surface area contributed by atoms with E-state index in [-0.39, 0.29) is 57.4 Å². The second-order valence-corrected chi connectivity index (χ2v) is 28.5. The number of rotatable bonds is 20. The summed E-state index contributed by atoms with van der Waals surface area (Å²) in [5, 5.41) is 101. The SMILES string of the molecule is CC(=O)N[C@@H](C)C(=O)O[C@@H](CCCC(O)Cc1ccccc1)C[C@H]1NC(=O)[C@@H]2[C@@H](C)CCN2C(=O)[C@H]([C@@H](O)C(C)C)NC(=O)CNC(=O)[C@@H](Cc2ccccc2)NC(=O)[C@H](CCO)NC(=O)[C@@H](CC(C)C)NC(=O)[C@@H]2[C@@H](C)[C@@H](O)CN2C(=O)[C@@H]2[C@@H](C)[C@@H](O)CN2C(=O)CNC(=O)[C@@H](CO)NC(=O)[C@H]1O. The summed E-state index contributed by atoms with van der Waals surface area (Å²) in [6, 6.07) is 1.40. The number of carbonyl (C=O) groups is 13. The minimum atomic E-state index is -2.42. The first kappa shape index (κ1) is 84.2. The quantitative estimate of drug-likeness (QED) is 0.0555. The zero-order valence-corrected chi connectivity index (χ0v) is 60.4. The fourth-order valence-corrected chi connectivity index (χ4v) is 13.5. The lowest BCUT2D eigenvalue weighted by atomic mass is 9.95. The minimum Gasteiger partial charge on any atom is -0.461 e. The Labute approximate surface area is 604 Å². The van der Waals surface area contributed by atoms with Crippen LogP contribution < -0.4 is 47.9 Å². The molecule has 4 aliphatic heterocycles. The van der Waals surface area contributed by atoms with E-state index >= 15 is 9.59 Å². The number of hydrogen-bond acceptors (Lipinski definition) is 21. The molecular weight excluding hydrogens is 1360 g/mol. The molecule has 16 N–H and O–H groups in total. The highest BCUT2D eigenvalue weighted by Crippen LogP contribution is 2.33. The third-order valence-corrected chi connectivity index (χ3v) is 19.5. The molecule has 2 aromatic rings. The highest BCUT2D eigenvalue weighted by atomic mass is 16.5. The molecular formula is C71H106N12O21. The summed E-state index contributed by atoms with van der Waals surface area (Å²) in [6.07, 6.45) is -9.82. The van der Waals surface area contributed by atoms with Crippen molar-refractivity contribution in [2.75, 3.05) is 45.9 Å². The molecule has 33 heteroatoms. The Bertz CT molecular complexity index is 3320. The predicted octanol–water partition coefficient (Wildman–Crippen LogP) is -4.56. The van der Waals surface area contributed by atoms with Gasteiger partial charge in [0.05, 0.1) is 50.2 Å². The van der Waals surface area contributed by atoms with Gasteiger partial charge in [-0.05, 0) is 80.8 Å². The molecule has 1 unspecified atom stereocenters. The van der Waals surface area contributed by atoms with Gasteiger partial charge in [-0.1, -0.05) is 109 Å². The molecule has 4 aliphatic rings. The zero-order valence-electron chi connectivity index (χ0n) is 60.4. The third-order valence-electron chi connectivity index (χ3n) is 19.5. The average Bonchev–Trinajstić information content (AvgIpc) is 1.62. The van der Waals surface area contributed by atoms with Crippen LogP contribution in [0.1, 0.15) is 118 Å². The van der Waals surface area contributed by atoms with E-state index in [1.165, 1.54) is 20.8 Å². The van der Waals surface area contributed by atoms with Crippen molar-refractivity contribution in [3.05, 3.63) is 71.8 Å². The van der Waals surface area contributed by atoms with Crippen molar-refractivity contribution in [3.63, 3.8) is 0 Å². The Kier molecular flexibility index (Phi) is 31.9. The van der Waals surface area contributed by atoms with Crippen molar-refractivity contribution >= 4 is 76.9 Å². The topological polar surface area (TPSA) is 491 Å². The molecule has 104 heavy (non-hydrogen) atoms. The summed E-state index contributed by atoms with van der Waals surface area (Å²) in [5.74, 6) is -16.8. The normalized spacial score (nSPS) is 29.1. The maximum Gasteiger partial charge on any atom is 0.328 e. The van der Waals surface area contributed by atoms with Crippen molar-refractivity contribution < 1.29 is 103 Å². The number of aliphatic hydroxyl groups excluding tert-OH is 7. The molecule has 0 bridgehead atoms. The molecule has 0 aliphatic carbocycles. The molecule has 576 valence electrons. The van der Waals surface area contributed by atoms with Crippen LogP contribution in [0.15, 0.2) is 60.7 Å². The fraction of sp³-hybridized carbons (Fsp3) is 0.648. The van der Waals surface area contributed by atoms with Crippen LogP contribution in [0.4, 0.5) is 0 Å². The van der Waals surface area contributed by atoms with Gasteiger partial charge in [0.25, 0.3) is 5.91 Å². The molecule has 33 nitrogen and oxygen atoms in total. The maximum absolute atomic E-state index is 15.1. The summed E-state index contributed by atoms with van der Waals surface area (Å²) >= 11 is 0. The highest BCUT2D eigenvalue weighted by Gasteiger charge is 2.53. The van der Waals surface area contributed by atoms with E-state index < -0.39 is 250 Å². The molecule has 0 radical (unpaired) electrons. The van der Waals surface area contributed by atoms with Gasteiger partial charge in [-0.15, -0.1) is 0 Å². The molecule has 4 saturated heterocycles. The number of hydrogen-bond donors (Lipinski definition) is 16. The molecule has 0 spiro atoms. The number of fused-ring (bicyclic) bond motifs is 3. The molecule has 0 saturated carbocycles. The number of aliphatic hydroxyl groups is 7. The third kappa shape index (κ3) is 23.1. The molecule has 4 heterocycles. The van der Waals surface area contributed by atoms with Crippen LogP contribution in [0.3, 0.4) is 0 Å². The van der Waals surface area contributed by atoms with E-state index in [4.69, 9.17) is 4.74 Å². The van der Waals surface area contributed by atoms with Crippen LogP contribution in [0.25, 0.3) is 0 Å². The van der Waals surface area contributed by atoms with E-state index in [2.05, 4.69) is 47.9 Å². The van der Waals surface area contributed by atoms with Crippen LogP contribution in [0.2, 0.25) is 0 Å². The van der Waals surface area contributed by atoms with Crippen LogP contribution in [-0.2, 0) is 79.9 Å². The lowest BCUT2D eigenvalue weighted by molar-refractivity contribution is -0.154. The first-order chi connectivity index (χ1) is 49.1. The Balaban J connectivity index is 1.41. The standard InChI is InChI=1S/C71H106N12O21/c1-36(2)27-49-65(97)75-47(24-26-84)64(96)77-50(29-44-19-14-11-15-20-44)62(94)72-31-54(90)80-56(60(92)37(3)4)69(101)81-25-23-38(5)57(81)66(98)76-48(30-46(104-71(103)41(8)74-42(9)86)22-16-21-45(87)28-43-17-12-10-13-18-43)61(93)68(100)79-51(35-85)63(95)73-32-55(91)82-33-52(88)40(7)59(82)70(102)83-34-53(89)39(6)58(83)67(99)78-49/h10-15,17-20,36-41,45-53,56-61,84-85,87-89,92-93H,16,21-35H2,1-9H3,(H,72,94)(H,73,95)(H,74,86)(H,75,97)(H,76,98)(H,77,96)(H,78,99)(H,79,100)(H,80,90)/t38-,39-,40-,41-,45?,46-,47-,48+,49+,50+,51+,52-,53-,56-,57-,58-,59-,60-,61-/m0/s1. The zero-order chi connectivity index (χ0) is 77.0.